The maximum Gasteiger partial charge on any atom is 0.118 e. The summed E-state index contributed by atoms with van der Waals surface area (Å²) < 4.78 is 6.84. The first-order chi connectivity index (χ1) is 14.5. The van der Waals surface area contributed by atoms with Crippen molar-refractivity contribution in [3.63, 3.8) is 0 Å². The number of nitrogens with zero attached hydrogens (tertiary/aromatic N) is 2. The second kappa shape index (κ2) is 8.50. The van der Waals surface area contributed by atoms with E-state index in [1.165, 1.54) is 0 Å². The van der Waals surface area contributed by atoms with Crippen molar-refractivity contribution >= 4 is 17.6 Å². The summed E-state index contributed by atoms with van der Waals surface area (Å²) in [6.07, 6.45) is 1.87. The zero-order chi connectivity index (χ0) is 21.3. The molecule has 2 aromatic carbocycles. The Morgan fingerprint density at radius 3 is 2.47 bits per heavy atom. The van der Waals surface area contributed by atoms with Crippen LogP contribution in [0.1, 0.15) is 57.8 Å². The van der Waals surface area contributed by atoms with E-state index in [9.17, 15) is 9.90 Å². The fourth-order valence-corrected chi connectivity index (χ4v) is 3.82. The minimum atomic E-state index is -1.21. The highest BCUT2D eigenvalue weighted by atomic mass is 35.5. The van der Waals surface area contributed by atoms with Gasteiger partial charge in [0.05, 0.1) is 36.6 Å². The van der Waals surface area contributed by atoms with Gasteiger partial charge in [-0.2, -0.15) is 5.10 Å². The average molecular weight is 425 g/mol. The van der Waals surface area contributed by atoms with Crippen molar-refractivity contribution in [3.8, 4) is 5.75 Å². The monoisotopic (exact) mass is 424 g/mol. The summed E-state index contributed by atoms with van der Waals surface area (Å²) in [7, 11) is 1.63. The summed E-state index contributed by atoms with van der Waals surface area (Å²) in [6, 6.07) is 14.9. The normalized spacial score (nSPS) is 14.5. The molecule has 1 unspecified atom stereocenters. The van der Waals surface area contributed by atoms with Crippen LogP contribution in [-0.4, -0.2) is 22.9 Å². The van der Waals surface area contributed by atoms with Gasteiger partial charge in [-0.05, 0) is 55.2 Å². The second-order valence-corrected chi connectivity index (χ2v) is 7.96. The van der Waals surface area contributed by atoms with Crippen LogP contribution in [0.15, 0.2) is 48.5 Å². The minimum Gasteiger partial charge on any atom is -0.543 e. The van der Waals surface area contributed by atoms with Crippen molar-refractivity contribution in [2.75, 3.05) is 7.11 Å². The number of methoxy groups -OCH3 is 1. The third-order valence-corrected chi connectivity index (χ3v) is 5.63. The molecule has 156 valence electrons. The molecular formula is C23H23ClN3O3-. The molecule has 1 aliphatic carbocycles. The molecule has 7 heteroatoms. The number of carboxylic acid groups (broad SMARTS) is 1. The first-order valence-electron chi connectivity index (χ1n) is 9.90. The molecule has 30 heavy (non-hydrogen) atoms. The van der Waals surface area contributed by atoms with Crippen LogP contribution in [-0.2, 0) is 6.54 Å². The minimum absolute atomic E-state index is 0.137. The van der Waals surface area contributed by atoms with Crippen LogP contribution >= 0.6 is 11.6 Å². The fourth-order valence-electron chi connectivity index (χ4n) is 3.70. The van der Waals surface area contributed by atoms with E-state index in [0.29, 0.717) is 22.8 Å². The van der Waals surface area contributed by atoms with Crippen LogP contribution < -0.4 is 15.2 Å². The Balaban J connectivity index is 1.72. The molecule has 0 amide bonds. The fraction of sp³-hybridized carbons (Fsp3) is 0.304. The van der Waals surface area contributed by atoms with Gasteiger partial charge in [-0.25, -0.2) is 0 Å². The smallest absolute Gasteiger partial charge is 0.118 e. The summed E-state index contributed by atoms with van der Waals surface area (Å²) in [5, 5.41) is 20.8. The highest BCUT2D eigenvalue weighted by Gasteiger charge is 2.32. The molecule has 1 aliphatic rings. The number of aromatic carboxylic acids is 1. The van der Waals surface area contributed by atoms with E-state index in [-0.39, 0.29) is 17.8 Å². The Kier molecular flexibility index (Phi) is 5.79. The molecule has 0 radical (unpaired) electrons. The summed E-state index contributed by atoms with van der Waals surface area (Å²) in [4.78, 5) is 12.1. The molecule has 1 heterocycles. The van der Waals surface area contributed by atoms with E-state index in [1.807, 2.05) is 43.3 Å². The number of aryl methyl sites for hydroxylation is 1. The van der Waals surface area contributed by atoms with Crippen LogP contribution in [0.25, 0.3) is 0 Å². The first kappa shape index (κ1) is 20.4. The lowest BCUT2D eigenvalue weighted by atomic mass is 9.96. The second-order valence-electron chi connectivity index (χ2n) is 7.52. The first-order valence-corrected chi connectivity index (χ1v) is 10.3. The summed E-state index contributed by atoms with van der Waals surface area (Å²) >= 11 is 6.08. The number of benzene rings is 2. The van der Waals surface area contributed by atoms with Gasteiger partial charge < -0.3 is 20.0 Å². The van der Waals surface area contributed by atoms with Crippen molar-refractivity contribution in [3.05, 3.63) is 81.6 Å². The van der Waals surface area contributed by atoms with Crippen molar-refractivity contribution in [2.45, 2.75) is 38.4 Å². The Morgan fingerprint density at radius 1 is 1.23 bits per heavy atom. The lowest BCUT2D eigenvalue weighted by Crippen LogP contribution is -2.30. The Bertz CT molecular complexity index is 1040. The average Bonchev–Trinajstić information content (AvgIpc) is 3.53. The SMILES string of the molecule is COc1ccc(CNC(c2ccc(Cl)cc2)c2c(C)nn(C3CC3)c2C(=O)[O-])cc1. The van der Waals surface area contributed by atoms with Crippen LogP contribution in [0.5, 0.6) is 5.75 Å². The van der Waals surface area contributed by atoms with Crippen LogP contribution in [0.4, 0.5) is 0 Å². The van der Waals surface area contributed by atoms with Gasteiger partial charge in [0.15, 0.2) is 0 Å². The molecule has 1 aromatic heterocycles. The van der Waals surface area contributed by atoms with Gasteiger partial charge in [-0.1, -0.05) is 35.9 Å². The maximum atomic E-state index is 12.1. The number of hydrogen-bond acceptors (Lipinski definition) is 5. The largest absolute Gasteiger partial charge is 0.543 e. The van der Waals surface area contributed by atoms with E-state index in [2.05, 4.69) is 10.4 Å². The topological polar surface area (TPSA) is 79.2 Å². The zero-order valence-electron chi connectivity index (χ0n) is 16.9. The quantitative estimate of drug-likeness (QED) is 0.599. The number of rotatable bonds is 8. The van der Waals surface area contributed by atoms with Crippen molar-refractivity contribution in [1.82, 2.24) is 15.1 Å². The predicted molar refractivity (Wildman–Crippen MR) is 113 cm³/mol. The van der Waals surface area contributed by atoms with Gasteiger partial charge in [-0.15, -0.1) is 0 Å². The molecule has 1 atom stereocenters. The Labute approximate surface area is 180 Å². The van der Waals surface area contributed by atoms with Gasteiger partial charge in [0.2, 0.25) is 0 Å². The van der Waals surface area contributed by atoms with Crippen molar-refractivity contribution in [2.24, 2.45) is 0 Å². The lowest BCUT2D eigenvalue weighted by molar-refractivity contribution is -0.256. The zero-order valence-corrected chi connectivity index (χ0v) is 17.6. The molecule has 6 nitrogen and oxygen atoms in total. The standard InChI is InChI=1S/C23H24ClN3O3/c1-14-20(22(23(28)29)27(26-14)18-9-10-18)21(16-5-7-17(24)8-6-16)25-13-15-3-11-19(30-2)12-4-15/h3-8,11-12,18,21,25H,9-10,13H2,1-2H3,(H,28,29)/p-1. The number of halogens is 1. The maximum absolute atomic E-state index is 12.1. The van der Waals surface area contributed by atoms with E-state index in [4.69, 9.17) is 16.3 Å². The number of hydrogen-bond donors (Lipinski definition) is 1. The molecule has 0 bridgehead atoms. The van der Waals surface area contributed by atoms with Crippen LogP contribution in [0.2, 0.25) is 5.02 Å². The third-order valence-electron chi connectivity index (χ3n) is 5.38. The molecule has 0 saturated heterocycles. The molecular weight excluding hydrogens is 402 g/mol. The van der Waals surface area contributed by atoms with E-state index >= 15 is 0 Å². The highest BCUT2D eigenvalue weighted by Crippen LogP contribution is 2.38. The van der Waals surface area contributed by atoms with E-state index in [0.717, 1.165) is 29.7 Å². The van der Waals surface area contributed by atoms with Gasteiger partial charge in [-0.3, -0.25) is 4.68 Å². The Hall–Kier alpha value is -2.83. The van der Waals surface area contributed by atoms with Gasteiger partial charge >= 0.3 is 0 Å². The number of carboxylic acids is 1. The summed E-state index contributed by atoms with van der Waals surface area (Å²) in [5.74, 6) is -0.420. The van der Waals surface area contributed by atoms with Gasteiger partial charge in [0, 0.05) is 17.1 Å². The molecule has 0 spiro atoms. The molecule has 3 aromatic rings. The molecule has 1 fully saturated rings. The van der Waals surface area contributed by atoms with Crippen molar-refractivity contribution in [1.29, 1.82) is 0 Å². The molecule has 0 aliphatic heterocycles. The number of carbonyl (C=O) groups excluding carboxylic acids is 1. The lowest BCUT2D eigenvalue weighted by Gasteiger charge is -2.22. The number of carbonyl (C=O) groups is 1. The van der Waals surface area contributed by atoms with Crippen LogP contribution in [0.3, 0.4) is 0 Å². The number of nitrogens with one attached hydrogen (secondary N) is 1. The molecule has 1 saturated carbocycles. The van der Waals surface area contributed by atoms with E-state index < -0.39 is 5.97 Å². The number of ether oxygens (including phenoxy) is 1. The summed E-state index contributed by atoms with van der Waals surface area (Å²) in [6.45, 7) is 2.39. The summed E-state index contributed by atoms with van der Waals surface area (Å²) in [5.41, 5.74) is 3.43. The van der Waals surface area contributed by atoms with E-state index in [1.54, 1.807) is 23.9 Å². The molecule has 1 N–H and O–H groups in total. The van der Waals surface area contributed by atoms with Crippen LogP contribution in [0, 0.1) is 6.92 Å². The number of aromatic nitrogens is 2. The highest BCUT2D eigenvalue weighted by molar-refractivity contribution is 6.30. The predicted octanol–water partition coefficient (Wildman–Crippen LogP) is 3.43. The van der Waals surface area contributed by atoms with Crippen molar-refractivity contribution < 1.29 is 14.6 Å². The Morgan fingerprint density at radius 2 is 1.90 bits per heavy atom. The van der Waals surface area contributed by atoms with Gasteiger partial charge in [0.1, 0.15) is 5.75 Å². The third kappa shape index (κ3) is 4.20. The molecule has 4 rings (SSSR count). The van der Waals surface area contributed by atoms with Gasteiger partial charge in [0.25, 0.3) is 0 Å².